The fraction of sp³-hybridized carbons (Fsp3) is 0.357. The zero-order valence-corrected chi connectivity index (χ0v) is 11.0. The van der Waals surface area contributed by atoms with Crippen molar-refractivity contribution < 1.29 is 4.79 Å². The Hall–Kier alpha value is -1.55. The molecule has 2 heterocycles. The molecule has 92 valence electrons. The number of nitrogens with zero attached hydrogens (tertiary/aromatic N) is 2. The Morgan fingerprint density at radius 3 is 3.22 bits per heavy atom. The third-order valence-corrected chi connectivity index (χ3v) is 4.19. The second-order valence-electron chi connectivity index (χ2n) is 4.64. The summed E-state index contributed by atoms with van der Waals surface area (Å²) in [6, 6.07) is 4.01. The van der Waals surface area contributed by atoms with Crippen molar-refractivity contribution in [2.75, 3.05) is 0 Å². The zero-order chi connectivity index (χ0) is 12.5. The lowest BCUT2D eigenvalue weighted by Crippen LogP contribution is -2.13. The van der Waals surface area contributed by atoms with Crippen LogP contribution in [0.4, 0.5) is 0 Å². The summed E-state index contributed by atoms with van der Waals surface area (Å²) < 4.78 is 0. The van der Waals surface area contributed by atoms with E-state index >= 15 is 0 Å². The van der Waals surface area contributed by atoms with Gasteiger partial charge < -0.3 is 0 Å². The van der Waals surface area contributed by atoms with Gasteiger partial charge in [0.25, 0.3) is 0 Å². The van der Waals surface area contributed by atoms with Crippen LogP contribution < -0.4 is 0 Å². The molecular formula is C14H14N2OS. The normalized spacial score (nSPS) is 17.7. The minimum Gasteiger partial charge on any atom is -0.299 e. The van der Waals surface area contributed by atoms with Crippen LogP contribution in [0.1, 0.15) is 34.3 Å². The molecule has 1 aliphatic rings. The van der Waals surface area contributed by atoms with Gasteiger partial charge in [-0.1, -0.05) is 6.07 Å². The molecule has 3 nitrogen and oxygen atoms in total. The molecule has 4 heteroatoms. The summed E-state index contributed by atoms with van der Waals surface area (Å²) in [5.74, 6) is 0.223. The van der Waals surface area contributed by atoms with E-state index in [0.29, 0.717) is 6.42 Å². The van der Waals surface area contributed by atoms with Crippen molar-refractivity contribution in [3.63, 3.8) is 0 Å². The van der Waals surface area contributed by atoms with Crippen molar-refractivity contribution in [1.82, 2.24) is 9.97 Å². The van der Waals surface area contributed by atoms with Crippen molar-refractivity contribution in [2.24, 2.45) is 0 Å². The first-order chi connectivity index (χ1) is 8.74. The van der Waals surface area contributed by atoms with Crippen LogP contribution in [0.2, 0.25) is 0 Å². The highest BCUT2D eigenvalue weighted by Crippen LogP contribution is 2.32. The van der Waals surface area contributed by atoms with Gasteiger partial charge in [0.15, 0.2) is 0 Å². The van der Waals surface area contributed by atoms with Crippen LogP contribution in [0.15, 0.2) is 23.7 Å². The SMILES string of the molecule is Cc1nc(CC(=O)C2CCc3cccnc32)cs1. The van der Waals surface area contributed by atoms with E-state index in [2.05, 4.69) is 16.0 Å². The number of aryl methyl sites for hydroxylation is 2. The largest absolute Gasteiger partial charge is 0.299 e. The number of hydrogen-bond acceptors (Lipinski definition) is 4. The molecule has 0 fully saturated rings. The van der Waals surface area contributed by atoms with Crippen LogP contribution in [0, 0.1) is 6.92 Å². The molecule has 2 aromatic heterocycles. The maximum Gasteiger partial charge on any atom is 0.147 e. The number of thiazole rings is 1. The molecule has 0 aliphatic heterocycles. The summed E-state index contributed by atoms with van der Waals surface area (Å²) >= 11 is 1.60. The highest BCUT2D eigenvalue weighted by atomic mass is 32.1. The van der Waals surface area contributed by atoms with Crippen LogP contribution in [0.25, 0.3) is 0 Å². The smallest absolute Gasteiger partial charge is 0.147 e. The fourth-order valence-corrected chi connectivity index (χ4v) is 3.13. The van der Waals surface area contributed by atoms with Crippen molar-refractivity contribution in [1.29, 1.82) is 0 Å². The molecule has 0 spiro atoms. The van der Waals surface area contributed by atoms with Gasteiger partial charge in [0.05, 0.1) is 28.7 Å². The zero-order valence-electron chi connectivity index (χ0n) is 10.2. The van der Waals surface area contributed by atoms with E-state index in [0.717, 1.165) is 29.2 Å². The van der Waals surface area contributed by atoms with Crippen LogP contribution >= 0.6 is 11.3 Å². The van der Waals surface area contributed by atoms with Gasteiger partial charge in [-0.3, -0.25) is 9.78 Å². The molecular weight excluding hydrogens is 244 g/mol. The number of hydrogen-bond donors (Lipinski definition) is 0. The Balaban J connectivity index is 1.78. The predicted molar refractivity (Wildman–Crippen MR) is 70.9 cm³/mol. The fourth-order valence-electron chi connectivity index (χ4n) is 2.52. The van der Waals surface area contributed by atoms with Gasteiger partial charge in [-0.25, -0.2) is 4.98 Å². The second kappa shape index (κ2) is 4.61. The second-order valence-corrected chi connectivity index (χ2v) is 5.70. The van der Waals surface area contributed by atoms with Crippen molar-refractivity contribution >= 4 is 17.1 Å². The Bertz CT molecular complexity index is 591. The Morgan fingerprint density at radius 1 is 1.56 bits per heavy atom. The van der Waals surface area contributed by atoms with E-state index in [9.17, 15) is 4.79 Å². The molecule has 0 saturated carbocycles. The predicted octanol–water partition coefficient (Wildman–Crippen LogP) is 2.69. The molecule has 2 aromatic rings. The summed E-state index contributed by atoms with van der Waals surface area (Å²) in [5, 5.41) is 2.99. The van der Waals surface area contributed by atoms with E-state index in [1.54, 1.807) is 17.5 Å². The summed E-state index contributed by atoms with van der Waals surface area (Å²) in [6.07, 6.45) is 4.08. The molecule has 1 atom stereocenters. The first kappa shape index (κ1) is 11.5. The van der Waals surface area contributed by atoms with Crippen LogP contribution in [0.5, 0.6) is 0 Å². The van der Waals surface area contributed by atoms with Crippen LogP contribution in [0.3, 0.4) is 0 Å². The number of pyridine rings is 1. The van der Waals surface area contributed by atoms with Gasteiger partial charge >= 0.3 is 0 Å². The lowest BCUT2D eigenvalue weighted by Gasteiger charge is -2.08. The average molecular weight is 258 g/mol. The molecule has 3 rings (SSSR count). The third-order valence-electron chi connectivity index (χ3n) is 3.37. The average Bonchev–Trinajstić information content (AvgIpc) is 2.95. The summed E-state index contributed by atoms with van der Waals surface area (Å²) in [6.45, 7) is 1.96. The van der Waals surface area contributed by atoms with Crippen molar-refractivity contribution in [2.45, 2.75) is 32.1 Å². The van der Waals surface area contributed by atoms with E-state index in [4.69, 9.17) is 0 Å². The van der Waals surface area contributed by atoms with E-state index in [1.165, 1.54) is 5.56 Å². The maximum atomic E-state index is 12.3. The molecule has 0 N–H and O–H groups in total. The van der Waals surface area contributed by atoms with E-state index in [-0.39, 0.29) is 11.7 Å². The topological polar surface area (TPSA) is 42.9 Å². The van der Waals surface area contributed by atoms with Gasteiger partial charge in [0, 0.05) is 11.6 Å². The first-order valence-electron chi connectivity index (χ1n) is 6.11. The standard InChI is InChI=1S/C14H14N2OS/c1-9-16-11(8-18-9)7-13(17)12-5-4-10-3-2-6-15-14(10)12/h2-3,6,8,12H,4-5,7H2,1H3. The Morgan fingerprint density at radius 2 is 2.44 bits per heavy atom. The summed E-state index contributed by atoms with van der Waals surface area (Å²) in [5.41, 5.74) is 3.10. The highest BCUT2D eigenvalue weighted by Gasteiger charge is 2.29. The number of rotatable bonds is 3. The lowest BCUT2D eigenvalue weighted by atomic mass is 9.98. The number of Topliss-reactive ketones (excluding diaryl/α,β-unsaturated/α-hetero) is 1. The molecule has 1 unspecified atom stereocenters. The molecule has 0 aromatic carbocycles. The van der Waals surface area contributed by atoms with Crippen LogP contribution in [-0.4, -0.2) is 15.8 Å². The summed E-state index contributed by atoms with van der Waals surface area (Å²) in [7, 11) is 0. The van der Waals surface area contributed by atoms with E-state index in [1.807, 2.05) is 18.4 Å². The first-order valence-corrected chi connectivity index (χ1v) is 6.99. The number of carbonyl (C=O) groups is 1. The minimum absolute atomic E-state index is 0.0248. The minimum atomic E-state index is -0.0248. The van der Waals surface area contributed by atoms with Crippen molar-refractivity contribution in [3.05, 3.63) is 45.7 Å². The van der Waals surface area contributed by atoms with Gasteiger partial charge in [-0.05, 0) is 31.4 Å². The van der Waals surface area contributed by atoms with Gasteiger partial charge in [0.2, 0.25) is 0 Å². The molecule has 1 aliphatic carbocycles. The molecule has 0 amide bonds. The monoisotopic (exact) mass is 258 g/mol. The molecule has 0 bridgehead atoms. The van der Waals surface area contributed by atoms with Crippen LogP contribution in [-0.2, 0) is 17.6 Å². The molecule has 0 radical (unpaired) electrons. The van der Waals surface area contributed by atoms with Gasteiger partial charge in [-0.2, -0.15) is 0 Å². The quantitative estimate of drug-likeness (QED) is 0.850. The number of fused-ring (bicyclic) bond motifs is 1. The lowest BCUT2D eigenvalue weighted by molar-refractivity contribution is -0.119. The molecule has 18 heavy (non-hydrogen) atoms. The van der Waals surface area contributed by atoms with Gasteiger partial charge in [0.1, 0.15) is 5.78 Å². The maximum absolute atomic E-state index is 12.3. The third kappa shape index (κ3) is 2.08. The van der Waals surface area contributed by atoms with Gasteiger partial charge in [-0.15, -0.1) is 11.3 Å². The Kier molecular flexibility index (Phi) is 2.96. The van der Waals surface area contributed by atoms with E-state index < -0.39 is 0 Å². The van der Waals surface area contributed by atoms with Crippen molar-refractivity contribution in [3.8, 4) is 0 Å². The molecule has 0 saturated heterocycles. The number of aromatic nitrogens is 2. The Labute approximate surface area is 110 Å². The number of ketones is 1. The number of carbonyl (C=O) groups excluding carboxylic acids is 1. The summed E-state index contributed by atoms with van der Waals surface area (Å²) in [4.78, 5) is 21.0. The highest BCUT2D eigenvalue weighted by molar-refractivity contribution is 7.09.